The summed E-state index contributed by atoms with van der Waals surface area (Å²) < 4.78 is 28.5. The highest BCUT2D eigenvalue weighted by Crippen LogP contribution is 2.20. The van der Waals surface area contributed by atoms with Gasteiger partial charge in [0.05, 0.1) is 0 Å². The van der Waals surface area contributed by atoms with E-state index in [1.165, 1.54) is 10.9 Å². The number of aryl methyl sites for hydroxylation is 1. The number of aromatic nitrogens is 2. The first-order chi connectivity index (χ1) is 9.03. The molecule has 1 aromatic heterocycles. The van der Waals surface area contributed by atoms with Crippen molar-refractivity contribution in [3.05, 3.63) is 18.3 Å². The molecular formula is C12H20N4O2S. The number of nitrogens with two attached hydrogens (primary N) is 1. The lowest BCUT2D eigenvalue weighted by molar-refractivity contribution is 0.468. The Hall–Kier alpha value is -1.34. The average Bonchev–Trinajstić information content (AvgIpc) is 2.80. The van der Waals surface area contributed by atoms with Crippen LogP contribution in [0.15, 0.2) is 23.2 Å². The van der Waals surface area contributed by atoms with Crippen molar-refractivity contribution in [3.63, 3.8) is 0 Å². The minimum atomic E-state index is -3.56. The predicted molar refractivity (Wildman–Crippen MR) is 74.0 cm³/mol. The van der Waals surface area contributed by atoms with Crippen molar-refractivity contribution in [1.82, 2.24) is 14.5 Å². The number of hydrogen-bond acceptors (Lipinski definition) is 4. The fraction of sp³-hybridized carbons (Fsp3) is 0.583. The first-order valence-electron chi connectivity index (χ1n) is 6.50. The molecule has 0 saturated carbocycles. The Morgan fingerprint density at radius 2 is 2.32 bits per heavy atom. The van der Waals surface area contributed by atoms with Gasteiger partial charge in [-0.05, 0) is 32.1 Å². The van der Waals surface area contributed by atoms with E-state index < -0.39 is 10.0 Å². The van der Waals surface area contributed by atoms with Crippen molar-refractivity contribution >= 4 is 15.8 Å². The summed E-state index contributed by atoms with van der Waals surface area (Å²) in [5.74, 6) is 0.417. The number of sulfonamides is 1. The van der Waals surface area contributed by atoms with Gasteiger partial charge in [0.15, 0.2) is 5.82 Å². The van der Waals surface area contributed by atoms with Crippen LogP contribution in [0.3, 0.4) is 0 Å². The van der Waals surface area contributed by atoms with Gasteiger partial charge in [-0.2, -0.15) is 5.10 Å². The summed E-state index contributed by atoms with van der Waals surface area (Å²) in [5, 5.41) is 3.95. The molecule has 106 valence electrons. The maximum absolute atomic E-state index is 12.2. The molecule has 1 atom stereocenters. The molecule has 1 aliphatic carbocycles. The third kappa shape index (κ3) is 3.36. The van der Waals surface area contributed by atoms with E-state index in [4.69, 9.17) is 5.73 Å². The van der Waals surface area contributed by atoms with E-state index in [0.29, 0.717) is 19.0 Å². The number of anilines is 1. The zero-order valence-electron chi connectivity index (χ0n) is 11.0. The van der Waals surface area contributed by atoms with Gasteiger partial charge in [0.1, 0.15) is 4.90 Å². The quantitative estimate of drug-likeness (QED) is 0.793. The first kappa shape index (κ1) is 14.1. The van der Waals surface area contributed by atoms with Gasteiger partial charge in [0, 0.05) is 19.3 Å². The smallest absolute Gasteiger partial charge is 0.245 e. The van der Waals surface area contributed by atoms with Crippen LogP contribution in [0.4, 0.5) is 5.82 Å². The highest BCUT2D eigenvalue weighted by molar-refractivity contribution is 7.89. The van der Waals surface area contributed by atoms with Crippen LogP contribution >= 0.6 is 0 Å². The fourth-order valence-corrected chi connectivity index (χ4v) is 3.32. The van der Waals surface area contributed by atoms with E-state index in [0.717, 1.165) is 19.3 Å². The van der Waals surface area contributed by atoms with Gasteiger partial charge in [-0.3, -0.25) is 4.68 Å². The van der Waals surface area contributed by atoms with Crippen molar-refractivity contribution in [2.24, 2.45) is 5.92 Å². The van der Waals surface area contributed by atoms with E-state index in [1.807, 2.05) is 6.92 Å². The van der Waals surface area contributed by atoms with Gasteiger partial charge in [-0.1, -0.05) is 12.2 Å². The number of nitrogens with zero attached hydrogens (tertiary/aromatic N) is 2. The van der Waals surface area contributed by atoms with Crippen molar-refractivity contribution < 1.29 is 8.42 Å². The second-order valence-corrected chi connectivity index (χ2v) is 6.47. The van der Waals surface area contributed by atoms with E-state index in [1.54, 1.807) is 0 Å². The molecular weight excluding hydrogens is 264 g/mol. The Morgan fingerprint density at radius 3 is 2.89 bits per heavy atom. The third-order valence-corrected chi connectivity index (χ3v) is 4.75. The molecule has 7 heteroatoms. The minimum absolute atomic E-state index is 0.0536. The van der Waals surface area contributed by atoms with E-state index in [2.05, 4.69) is 22.0 Å². The highest BCUT2D eigenvalue weighted by atomic mass is 32.2. The summed E-state index contributed by atoms with van der Waals surface area (Å²) in [4.78, 5) is 0.0701. The zero-order chi connectivity index (χ0) is 13.9. The summed E-state index contributed by atoms with van der Waals surface area (Å²) in [6.07, 6.45) is 8.66. The SMILES string of the molecule is CCn1cc(S(=O)(=O)NCC2CC=CCC2)c(N)n1. The summed E-state index contributed by atoms with van der Waals surface area (Å²) in [6, 6.07) is 0. The molecule has 3 N–H and O–H groups in total. The van der Waals surface area contributed by atoms with E-state index in [-0.39, 0.29) is 10.7 Å². The van der Waals surface area contributed by atoms with Gasteiger partial charge in [0.25, 0.3) is 0 Å². The van der Waals surface area contributed by atoms with Crippen molar-refractivity contribution in [2.45, 2.75) is 37.6 Å². The Balaban J connectivity index is 2.05. The molecule has 0 amide bonds. The van der Waals surface area contributed by atoms with Crippen molar-refractivity contribution in [3.8, 4) is 0 Å². The lowest BCUT2D eigenvalue weighted by Gasteiger charge is -2.17. The number of allylic oxidation sites excluding steroid dienone is 2. The third-order valence-electron chi connectivity index (χ3n) is 3.31. The first-order valence-corrected chi connectivity index (χ1v) is 7.99. The van der Waals surface area contributed by atoms with Crippen LogP contribution in [0.25, 0.3) is 0 Å². The van der Waals surface area contributed by atoms with E-state index >= 15 is 0 Å². The van der Waals surface area contributed by atoms with Crippen LogP contribution in [0.1, 0.15) is 26.2 Å². The monoisotopic (exact) mass is 284 g/mol. The Labute approximate surface area is 113 Å². The van der Waals surface area contributed by atoms with Crippen LogP contribution in [-0.4, -0.2) is 24.7 Å². The average molecular weight is 284 g/mol. The lowest BCUT2D eigenvalue weighted by Crippen LogP contribution is -2.30. The molecule has 1 aromatic rings. The molecule has 0 aliphatic heterocycles. The van der Waals surface area contributed by atoms with E-state index in [9.17, 15) is 8.42 Å². The van der Waals surface area contributed by atoms with Gasteiger partial charge < -0.3 is 5.73 Å². The molecule has 19 heavy (non-hydrogen) atoms. The second kappa shape index (κ2) is 5.75. The van der Waals surface area contributed by atoms with Crippen LogP contribution in [0, 0.1) is 5.92 Å². The van der Waals surface area contributed by atoms with Gasteiger partial charge in [-0.15, -0.1) is 0 Å². The second-order valence-electron chi connectivity index (χ2n) is 4.74. The highest BCUT2D eigenvalue weighted by Gasteiger charge is 2.22. The molecule has 0 saturated heterocycles. The summed E-state index contributed by atoms with van der Waals surface area (Å²) in [6.45, 7) is 2.92. The maximum atomic E-state index is 12.2. The largest absolute Gasteiger partial charge is 0.381 e. The van der Waals surface area contributed by atoms with Crippen LogP contribution < -0.4 is 10.5 Å². The maximum Gasteiger partial charge on any atom is 0.245 e. The molecule has 0 radical (unpaired) electrons. The van der Waals surface area contributed by atoms with Gasteiger partial charge in [-0.25, -0.2) is 13.1 Å². The normalized spacial score (nSPS) is 19.7. The number of hydrogen-bond donors (Lipinski definition) is 2. The van der Waals surface area contributed by atoms with Crippen LogP contribution in [0.2, 0.25) is 0 Å². The Bertz CT molecular complexity index is 562. The van der Waals surface area contributed by atoms with Crippen LogP contribution in [0.5, 0.6) is 0 Å². The number of nitrogen functional groups attached to an aromatic ring is 1. The molecule has 1 heterocycles. The van der Waals surface area contributed by atoms with Crippen LogP contribution in [-0.2, 0) is 16.6 Å². The molecule has 0 spiro atoms. The van der Waals surface area contributed by atoms with Crippen molar-refractivity contribution in [2.75, 3.05) is 12.3 Å². The standard InChI is InChI=1S/C12H20N4O2S/c1-2-16-9-11(12(13)15-16)19(17,18)14-8-10-6-4-3-5-7-10/h3-4,9-10,14H,2,5-8H2,1H3,(H2,13,15). The summed E-state index contributed by atoms with van der Waals surface area (Å²) in [5.41, 5.74) is 5.65. The molecule has 1 aliphatic rings. The molecule has 1 unspecified atom stereocenters. The molecule has 0 aromatic carbocycles. The zero-order valence-corrected chi connectivity index (χ0v) is 11.9. The lowest BCUT2D eigenvalue weighted by atomic mass is 9.95. The minimum Gasteiger partial charge on any atom is -0.381 e. The summed E-state index contributed by atoms with van der Waals surface area (Å²) >= 11 is 0. The summed E-state index contributed by atoms with van der Waals surface area (Å²) in [7, 11) is -3.56. The molecule has 0 fully saturated rings. The van der Waals surface area contributed by atoms with Crippen molar-refractivity contribution in [1.29, 1.82) is 0 Å². The number of rotatable bonds is 5. The topological polar surface area (TPSA) is 90.0 Å². The molecule has 6 nitrogen and oxygen atoms in total. The molecule has 0 bridgehead atoms. The fourth-order valence-electron chi connectivity index (χ4n) is 2.13. The predicted octanol–water partition coefficient (Wildman–Crippen LogP) is 1.12. The van der Waals surface area contributed by atoms with Gasteiger partial charge in [0.2, 0.25) is 10.0 Å². The Morgan fingerprint density at radius 1 is 1.53 bits per heavy atom. The molecule has 2 rings (SSSR count). The van der Waals surface area contributed by atoms with Gasteiger partial charge >= 0.3 is 0 Å². The Kier molecular flexibility index (Phi) is 4.26. The number of nitrogens with one attached hydrogen (secondary N) is 1.